The van der Waals surface area contributed by atoms with Crippen LogP contribution in [-0.2, 0) is 13.1 Å². The van der Waals surface area contributed by atoms with Gasteiger partial charge in [-0.25, -0.2) is 4.79 Å². The van der Waals surface area contributed by atoms with E-state index in [1.165, 1.54) is 5.56 Å². The number of methoxy groups -OCH3 is 1. The van der Waals surface area contributed by atoms with Gasteiger partial charge in [0, 0.05) is 35.1 Å². The highest BCUT2D eigenvalue weighted by Crippen LogP contribution is 2.24. The second-order valence-corrected chi connectivity index (χ2v) is 6.57. The summed E-state index contributed by atoms with van der Waals surface area (Å²) < 4.78 is 11.6. The molecule has 0 radical (unpaired) electrons. The molecule has 0 fully saturated rings. The fraction of sp³-hybridized carbons (Fsp3) is 0.211. The minimum absolute atomic E-state index is 0.347. The van der Waals surface area contributed by atoms with Crippen LogP contribution < -0.4 is 10.4 Å². The van der Waals surface area contributed by atoms with Crippen molar-refractivity contribution in [2.75, 3.05) is 14.2 Å². The van der Waals surface area contributed by atoms with Gasteiger partial charge < -0.3 is 9.15 Å². The lowest BCUT2D eigenvalue weighted by Gasteiger charge is -2.18. The van der Waals surface area contributed by atoms with E-state index < -0.39 is 0 Å². The molecule has 0 amide bonds. The zero-order chi connectivity index (χ0) is 17.1. The molecule has 5 heteroatoms. The number of nitrogens with zero attached hydrogens (tertiary/aromatic N) is 1. The smallest absolute Gasteiger partial charge is 0.336 e. The molecule has 1 aromatic heterocycles. The average molecular weight is 388 g/mol. The highest BCUT2D eigenvalue weighted by Gasteiger charge is 2.10. The maximum absolute atomic E-state index is 11.9. The fourth-order valence-electron chi connectivity index (χ4n) is 2.73. The molecule has 3 aromatic rings. The fourth-order valence-corrected chi connectivity index (χ4v) is 3.14. The van der Waals surface area contributed by atoms with Crippen molar-refractivity contribution in [3.63, 3.8) is 0 Å². The number of halogens is 1. The van der Waals surface area contributed by atoms with Gasteiger partial charge in [-0.2, -0.15) is 0 Å². The van der Waals surface area contributed by atoms with Crippen LogP contribution in [0.3, 0.4) is 0 Å². The average Bonchev–Trinajstić information content (AvgIpc) is 2.56. The summed E-state index contributed by atoms with van der Waals surface area (Å²) in [5.74, 6) is 0.671. The van der Waals surface area contributed by atoms with E-state index in [0.717, 1.165) is 22.0 Å². The number of fused-ring (bicyclic) bond motifs is 1. The van der Waals surface area contributed by atoms with Gasteiger partial charge in [-0.3, -0.25) is 4.90 Å². The van der Waals surface area contributed by atoms with Crippen LogP contribution in [0.15, 0.2) is 62.2 Å². The van der Waals surface area contributed by atoms with Gasteiger partial charge in [0.2, 0.25) is 0 Å². The summed E-state index contributed by atoms with van der Waals surface area (Å²) in [5.41, 5.74) is 2.35. The molecule has 0 N–H and O–H groups in total. The zero-order valence-electron chi connectivity index (χ0n) is 13.6. The Bertz CT molecular complexity index is 920. The van der Waals surface area contributed by atoms with Crippen LogP contribution in [0.5, 0.6) is 5.75 Å². The first-order valence-electron chi connectivity index (χ1n) is 7.59. The third kappa shape index (κ3) is 3.68. The predicted molar refractivity (Wildman–Crippen MR) is 98.3 cm³/mol. The summed E-state index contributed by atoms with van der Waals surface area (Å²) in [4.78, 5) is 14.0. The van der Waals surface area contributed by atoms with Crippen molar-refractivity contribution >= 4 is 26.9 Å². The molecule has 3 rings (SSSR count). The van der Waals surface area contributed by atoms with Crippen molar-refractivity contribution in [2.24, 2.45) is 0 Å². The summed E-state index contributed by atoms with van der Waals surface area (Å²) in [5, 5.41) is 0.925. The second kappa shape index (κ2) is 7.20. The quantitative estimate of drug-likeness (QED) is 0.615. The van der Waals surface area contributed by atoms with E-state index in [1.54, 1.807) is 19.2 Å². The van der Waals surface area contributed by atoms with Crippen LogP contribution >= 0.6 is 15.9 Å². The topological polar surface area (TPSA) is 42.7 Å². The van der Waals surface area contributed by atoms with Crippen molar-refractivity contribution in [2.45, 2.75) is 13.1 Å². The third-order valence-corrected chi connectivity index (χ3v) is 4.65. The molecular formula is C19H18BrNO3. The molecule has 0 aliphatic carbocycles. The van der Waals surface area contributed by atoms with E-state index in [2.05, 4.69) is 26.9 Å². The lowest BCUT2D eigenvalue weighted by molar-refractivity contribution is 0.319. The number of ether oxygens (including phenoxy) is 1. The molecule has 1 heterocycles. The van der Waals surface area contributed by atoms with Crippen molar-refractivity contribution < 1.29 is 9.15 Å². The number of hydrogen-bond donors (Lipinski definition) is 0. The van der Waals surface area contributed by atoms with Crippen molar-refractivity contribution in [1.82, 2.24) is 4.90 Å². The Morgan fingerprint density at radius 1 is 1.08 bits per heavy atom. The Labute approximate surface area is 148 Å². The number of rotatable bonds is 5. The Balaban J connectivity index is 1.89. The summed E-state index contributed by atoms with van der Waals surface area (Å²) in [6.07, 6.45) is 0. The standard InChI is InChI=1S/C19H18BrNO3/c1-21(11-13-5-3-4-6-17(13)20)12-14-9-19(22)24-18-10-15(23-2)7-8-16(14)18/h3-10H,11-12H2,1-2H3. The maximum atomic E-state index is 11.9. The monoisotopic (exact) mass is 387 g/mol. The molecular weight excluding hydrogens is 370 g/mol. The van der Waals surface area contributed by atoms with Crippen LogP contribution in [0, 0.1) is 0 Å². The lowest BCUT2D eigenvalue weighted by atomic mass is 10.1. The Morgan fingerprint density at radius 3 is 2.58 bits per heavy atom. The van der Waals surface area contributed by atoms with E-state index in [0.29, 0.717) is 17.9 Å². The minimum atomic E-state index is -0.347. The molecule has 0 spiro atoms. The van der Waals surface area contributed by atoms with Crippen LogP contribution in [0.25, 0.3) is 11.0 Å². The van der Waals surface area contributed by atoms with Gasteiger partial charge in [-0.05, 0) is 36.4 Å². The molecule has 2 aromatic carbocycles. The first-order chi connectivity index (χ1) is 11.6. The number of hydrogen-bond acceptors (Lipinski definition) is 4. The van der Waals surface area contributed by atoms with Crippen LogP contribution in [0.2, 0.25) is 0 Å². The molecule has 0 aliphatic rings. The third-order valence-electron chi connectivity index (χ3n) is 3.88. The highest BCUT2D eigenvalue weighted by atomic mass is 79.9. The molecule has 0 atom stereocenters. The second-order valence-electron chi connectivity index (χ2n) is 5.72. The summed E-state index contributed by atoms with van der Waals surface area (Å²) >= 11 is 3.57. The van der Waals surface area contributed by atoms with Crippen molar-refractivity contribution in [3.8, 4) is 5.75 Å². The first-order valence-corrected chi connectivity index (χ1v) is 8.39. The summed E-state index contributed by atoms with van der Waals surface area (Å²) in [6, 6.07) is 15.2. The molecule has 0 saturated carbocycles. The van der Waals surface area contributed by atoms with E-state index in [-0.39, 0.29) is 5.63 Å². The molecule has 24 heavy (non-hydrogen) atoms. The van der Waals surface area contributed by atoms with Crippen LogP contribution in [-0.4, -0.2) is 19.1 Å². The predicted octanol–water partition coefficient (Wildman–Crippen LogP) is 4.20. The largest absolute Gasteiger partial charge is 0.497 e. The Hall–Kier alpha value is -2.11. The summed E-state index contributed by atoms with van der Waals surface area (Å²) in [7, 11) is 3.62. The number of benzene rings is 2. The SMILES string of the molecule is COc1ccc2c(CN(C)Cc3ccccc3Br)cc(=O)oc2c1. The minimum Gasteiger partial charge on any atom is -0.497 e. The zero-order valence-corrected chi connectivity index (χ0v) is 15.2. The molecule has 124 valence electrons. The van der Waals surface area contributed by atoms with Gasteiger partial charge in [-0.15, -0.1) is 0 Å². The molecule has 0 bridgehead atoms. The molecule has 0 unspecified atom stereocenters. The van der Waals surface area contributed by atoms with E-state index in [9.17, 15) is 4.79 Å². The van der Waals surface area contributed by atoms with Gasteiger partial charge >= 0.3 is 5.63 Å². The molecule has 4 nitrogen and oxygen atoms in total. The Morgan fingerprint density at radius 2 is 1.83 bits per heavy atom. The van der Waals surface area contributed by atoms with Gasteiger partial charge in [0.15, 0.2) is 0 Å². The highest BCUT2D eigenvalue weighted by molar-refractivity contribution is 9.10. The lowest BCUT2D eigenvalue weighted by Crippen LogP contribution is -2.18. The van der Waals surface area contributed by atoms with Crippen LogP contribution in [0.4, 0.5) is 0 Å². The van der Waals surface area contributed by atoms with Gasteiger partial charge in [0.05, 0.1) is 7.11 Å². The van der Waals surface area contributed by atoms with Crippen molar-refractivity contribution in [1.29, 1.82) is 0 Å². The Kier molecular flexibility index (Phi) is 5.02. The van der Waals surface area contributed by atoms with E-state index >= 15 is 0 Å². The maximum Gasteiger partial charge on any atom is 0.336 e. The van der Waals surface area contributed by atoms with Gasteiger partial charge in [0.25, 0.3) is 0 Å². The van der Waals surface area contributed by atoms with Crippen LogP contribution in [0.1, 0.15) is 11.1 Å². The normalized spacial score (nSPS) is 11.2. The van der Waals surface area contributed by atoms with Crippen molar-refractivity contribution in [3.05, 3.63) is 74.6 Å². The first kappa shape index (κ1) is 16.7. The van der Waals surface area contributed by atoms with E-state index in [4.69, 9.17) is 9.15 Å². The van der Waals surface area contributed by atoms with E-state index in [1.807, 2.05) is 37.4 Å². The molecule has 0 saturated heterocycles. The van der Waals surface area contributed by atoms with Gasteiger partial charge in [0.1, 0.15) is 11.3 Å². The summed E-state index contributed by atoms with van der Waals surface area (Å²) in [6.45, 7) is 1.43. The molecule has 0 aliphatic heterocycles. The van der Waals surface area contributed by atoms with Gasteiger partial charge in [-0.1, -0.05) is 34.1 Å².